The van der Waals surface area contributed by atoms with Gasteiger partial charge < -0.3 is 14.7 Å². The average Bonchev–Trinajstić information content (AvgIpc) is 3.19. The number of aromatic nitrogens is 2. The Morgan fingerprint density at radius 2 is 2.05 bits per heavy atom. The van der Waals surface area contributed by atoms with Crippen molar-refractivity contribution >= 4 is 5.91 Å². The Hall–Kier alpha value is -2.82. The minimum Gasteiger partial charge on any atom is -0.461 e. The summed E-state index contributed by atoms with van der Waals surface area (Å²) >= 11 is 0. The molecule has 2 aromatic heterocycles. The summed E-state index contributed by atoms with van der Waals surface area (Å²) in [4.78, 5) is 19.0. The Bertz CT molecular complexity index is 743. The van der Waals surface area contributed by atoms with Crippen LogP contribution in [0.25, 0.3) is 11.3 Å². The van der Waals surface area contributed by atoms with E-state index in [0.29, 0.717) is 12.1 Å². The molecule has 3 aromatic rings. The molecular weight excluding hydrogens is 278 g/mol. The molecule has 0 aliphatic carbocycles. The van der Waals surface area contributed by atoms with E-state index in [1.807, 2.05) is 31.2 Å². The first kappa shape index (κ1) is 14.1. The SMILES string of the molecule is Cc1ccc(-c2ccc(C(=O)NCCc3cnc[nH]3)cc2)o1. The third-order valence-electron chi connectivity index (χ3n) is 3.41. The fourth-order valence-corrected chi connectivity index (χ4v) is 2.21. The predicted octanol–water partition coefficient (Wildman–Crippen LogP) is 2.95. The van der Waals surface area contributed by atoms with Gasteiger partial charge in [-0.2, -0.15) is 0 Å². The zero-order valence-corrected chi connectivity index (χ0v) is 12.3. The smallest absolute Gasteiger partial charge is 0.251 e. The van der Waals surface area contributed by atoms with Gasteiger partial charge in [0.25, 0.3) is 5.91 Å². The number of rotatable bonds is 5. The molecule has 0 fully saturated rings. The molecule has 5 heteroatoms. The fraction of sp³-hybridized carbons (Fsp3) is 0.176. The molecule has 0 spiro atoms. The predicted molar refractivity (Wildman–Crippen MR) is 83.5 cm³/mol. The molecule has 0 aliphatic heterocycles. The average molecular weight is 295 g/mol. The first-order valence-corrected chi connectivity index (χ1v) is 7.15. The molecule has 0 atom stereocenters. The van der Waals surface area contributed by atoms with Crippen LogP contribution in [-0.4, -0.2) is 22.4 Å². The maximum absolute atomic E-state index is 12.1. The van der Waals surface area contributed by atoms with E-state index in [4.69, 9.17) is 4.42 Å². The summed E-state index contributed by atoms with van der Waals surface area (Å²) in [7, 11) is 0. The highest BCUT2D eigenvalue weighted by atomic mass is 16.3. The molecule has 112 valence electrons. The van der Waals surface area contributed by atoms with E-state index >= 15 is 0 Å². The lowest BCUT2D eigenvalue weighted by Crippen LogP contribution is -2.25. The van der Waals surface area contributed by atoms with E-state index in [2.05, 4.69) is 15.3 Å². The number of carbonyl (C=O) groups excluding carboxylic acids is 1. The van der Waals surface area contributed by atoms with Gasteiger partial charge >= 0.3 is 0 Å². The second-order valence-electron chi connectivity index (χ2n) is 5.07. The van der Waals surface area contributed by atoms with Gasteiger partial charge in [-0.15, -0.1) is 0 Å². The van der Waals surface area contributed by atoms with E-state index in [0.717, 1.165) is 29.2 Å². The summed E-state index contributed by atoms with van der Waals surface area (Å²) in [5.41, 5.74) is 2.60. The molecule has 0 aliphatic rings. The molecular formula is C17H17N3O2. The maximum atomic E-state index is 12.1. The normalized spacial score (nSPS) is 10.6. The number of nitrogens with zero attached hydrogens (tertiary/aromatic N) is 1. The van der Waals surface area contributed by atoms with E-state index in [9.17, 15) is 4.79 Å². The first-order valence-electron chi connectivity index (χ1n) is 7.15. The third-order valence-corrected chi connectivity index (χ3v) is 3.41. The summed E-state index contributed by atoms with van der Waals surface area (Å²) in [6.45, 7) is 2.48. The van der Waals surface area contributed by atoms with Crippen LogP contribution in [0.2, 0.25) is 0 Å². The molecule has 0 radical (unpaired) electrons. The topological polar surface area (TPSA) is 70.9 Å². The number of amides is 1. The highest BCUT2D eigenvalue weighted by molar-refractivity contribution is 5.94. The quantitative estimate of drug-likeness (QED) is 0.760. The molecule has 5 nitrogen and oxygen atoms in total. The van der Waals surface area contributed by atoms with Gasteiger partial charge in [0.05, 0.1) is 6.33 Å². The van der Waals surface area contributed by atoms with Crippen molar-refractivity contribution in [1.82, 2.24) is 15.3 Å². The van der Waals surface area contributed by atoms with E-state index in [1.54, 1.807) is 24.7 Å². The van der Waals surface area contributed by atoms with E-state index in [1.165, 1.54) is 0 Å². The van der Waals surface area contributed by atoms with Crippen LogP contribution in [0.15, 0.2) is 53.3 Å². The van der Waals surface area contributed by atoms with Crippen molar-refractivity contribution in [3.8, 4) is 11.3 Å². The number of imidazole rings is 1. The van der Waals surface area contributed by atoms with Gasteiger partial charge in [0, 0.05) is 36.0 Å². The monoisotopic (exact) mass is 295 g/mol. The Labute approximate surface area is 128 Å². The van der Waals surface area contributed by atoms with Crippen LogP contribution in [-0.2, 0) is 6.42 Å². The highest BCUT2D eigenvalue weighted by Gasteiger charge is 2.07. The van der Waals surface area contributed by atoms with Crippen LogP contribution in [0, 0.1) is 6.92 Å². The zero-order valence-electron chi connectivity index (χ0n) is 12.3. The molecule has 3 rings (SSSR count). The molecule has 1 amide bonds. The van der Waals surface area contributed by atoms with E-state index in [-0.39, 0.29) is 5.91 Å². The molecule has 22 heavy (non-hydrogen) atoms. The van der Waals surface area contributed by atoms with Gasteiger partial charge in [0.15, 0.2) is 0 Å². The van der Waals surface area contributed by atoms with Crippen LogP contribution in [0.5, 0.6) is 0 Å². The number of hydrogen-bond acceptors (Lipinski definition) is 3. The van der Waals surface area contributed by atoms with Gasteiger partial charge in [-0.1, -0.05) is 12.1 Å². The van der Waals surface area contributed by atoms with E-state index < -0.39 is 0 Å². The summed E-state index contributed by atoms with van der Waals surface area (Å²) < 4.78 is 5.57. The number of benzene rings is 1. The van der Waals surface area contributed by atoms with Crippen LogP contribution < -0.4 is 5.32 Å². The van der Waals surface area contributed by atoms with Crippen molar-refractivity contribution in [3.05, 3.63) is 65.9 Å². The second-order valence-corrected chi connectivity index (χ2v) is 5.07. The van der Waals surface area contributed by atoms with Gasteiger partial charge in [-0.25, -0.2) is 4.98 Å². The molecule has 1 aromatic carbocycles. The van der Waals surface area contributed by atoms with Gasteiger partial charge in [-0.3, -0.25) is 4.79 Å². The molecule has 2 heterocycles. The Morgan fingerprint density at radius 3 is 2.68 bits per heavy atom. The minimum atomic E-state index is -0.0818. The van der Waals surface area contributed by atoms with Crippen LogP contribution in [0.3, 0.4) is 0 Å². The number of nitrogens with one attached hydrogen (secondary N) is 2. The van der Waals surface area contributed by atoms with Crippen molar-refractivity contribution in [3.63, 3.8) is 0 Å². The molecule has 2 N–H and O–H groups in total. The zero-order chi connectivity index (χ0) is 15.4. The van der Waals surface area contributed by atoms with Gasteiger partial charge in [0.2, 0.25) is 0 Å². The lowest BCUT2D eigenvalue weighted by molar-refractivity contribution is 0.0954. The number of H-pyrrole nitrogens is 1. The second kappa shape index (κ2) is 6.30. The van der Waals surface area contributed by atoms with Crippen LogP contribution >= 0.6 is 0 Å². The largest absolute Gasteiger partial charge is 0.461 e. The van der Waals surface area contributed by atoms with Crippen LogP contribution in [0.1, 0.15) is 21.8 Å². The van der Waals surface area contributed by atoms with Crippen molar-refractivity contribution < 1.29 is 9.21 Å². The standard InChI is InChI=1S/C17H17N3O2/c1-12-2-7-16(22-12)13-3-5-14(6-4-13)17(21)19-9-8-15-10-18-11-20-15/h2-7,10-11H,8-9H2,1H3,(H,18,20)(H,19,21). The molecule has 0 saturated carbocycles. The van der Waals surface area contributed by atoms with Crippen molar-refractivity contribution in [2.75, 3.05) is 6.54 Å². The summed E-state index contributed by atoms with van der Waals surface area (Å²) in [6, 6.07) is 11.2. The Kier molecular flexibility index (Phi) is 4.05. The lowest BCUT2D eigenvalue weighted by atomic mass is 10.1. The summed E-state index contributed by atoms with van der Waals surface area (Å²) in [5.74, 6) is 1.60. The number of hydrogen-bond donors (Lipinski definition) is 2. The van der Waals surface area contributed by atoms with Gasteiger partial charge in [0.1, 0.15) is 11.5 Å². The van der Waals surface area contributed by atoms with Crippen molar-refractivity contribution in [2.24, 2.45) is 0 Å². The lowest BCUT2D eigenvalue weighted by Gasteiger charge is -2.05. The molecule has 0 unspecified atom stereocenters. The Morgan fingerprint density at radius 1 is 1.23 bits per heavy atom. The Balaban J connectivity index is 1.58. The van der Waals surface area contributed by atoms with Crippen molar-refractivity contribution in [2.45, 2.75) is 13.3 Å². The highest BCUT2D eigenvalue weighted by Crippen LogP contribution is 2.22. The molecule has 0 bridgehead atoms. The number of aromatic amines is 1. The number of furan rings is 1. The minimum absolute atomic E-state index is 0.0818. The molecule has 0 saturated heterocycles. The number of carbonyl (C=O) groups is 1. The van der Waals surface area contributed by atoms with Crippen LogP contribution in [0.4, 0.5) is 0 Å². The summed E-state index contributed by atoms with van der Waals surface area (Å²) in [6.07, 6.45) is 4.12. The van der Waals surface area contributed by atoms with Crippen molar-refractivity contribution in [1.29, 1.82) is 0 Å². The fourth-order valence-electron chi connectivity index (χ4n) is 2.21. The maximum Gasteiger partial charge on any atom is 0.251 e. The third kappa shape index (κ3) is 3.25. The summed E-state index contributed by atoms with van der Waals surface area (Å²) in [5, 5.41) is 2.89. The van der Waals surface area contributed by atoms with Gasteiger partial charge in [-0.05, 0) is 31.2 Å². The number of aryl methyl sites for hydroxylation is 1. The first-order chi connectivity index (χ1) is 10.7.